The van der Waals surface area contributed by atoms with Gasteiger partial charge in [-0.05, 0) is 65.5 Å². The average Bonchev–Trinajstić information content (AvgIpc) is 2.59. The molecule has 0 aliphatic heterocycles. The Morgan fingerprint density at radius 1 is 1.27 bits per heavy atom. The van der Waals surface area contributed by atoms with E-state index < -0.39 is 6.10 Å². The number of aromatic hydroxyl groups is 1. The topological polar surface area (TPSA) is 95.6 Å². The van der Waals surface area contributed by atoms with Crippen LogP contribution in [0.1, 0.15) is 30.9 Å². The second-order valence-electron chi connectivity index (χ2n) is 5.75. The van der Waals surface area contributed by atoms with E-state index in [1.807, 2.05) is 0 Å². The van der Waals surface area contributed by atoms with Gasteiger partial charge in [0, 0.05) is 10.0 Å². The summed E-state index contributed by atoms with van der Waals surface area (Å²) in [5.41, 5.74) is 7.33. The molecule has 0 fully saturated rings. The molecule has 0 aliphatic carbocycles. The SMILES string of the molecule is Nc1ccccc1NC(=O)/C=C/CCC[C@@H](O)c1cc(Br)cc(Br)c1O. The first kappa shape index (κ1) is 20.5. The lowest BCUT2D eigenvalue weighted by molar-refractivity contribution is -0.111. The maximum absolute atomic E-state index is 11.9. The number of carbonyl (C=O) groups is 1. The van der Waals surface area contributed by atoms with E-state index in [1.165, 1.54) is 6.08 Å². The van der Waals surface area contributed by atoms with Crippen molar-refractivity contribution < 1.29 is 15.0 Å². The lowest BCUT2D eigenvalue weighted by atomic mass is 10.0. The van der Waals surface area contributed by atoms with Gasteiger partial charge in [0.1, 0.15) is 5.75 Å². The molecule has 0 saturated carbocycles. The summed E-state index contributed by atoms with van der Waals surface area (Å²) in [5.74, 6) is -0.215. The van der Waals surface area contributed by atoms with Gasteiger partial charge in [0.25, 0.3) is 0 Å². The summed E-state index contributed by atoms with van der Waals surface area (Å²) in [4.78, 5) is 11.9. The maximum atomic E-state index is 11.9. The Morgan fingerprint density at radius 3 is 2.73 bits per heavy atom. The van der Waals surface area contributed by atoms with Crippen LogP contribution < -0.4 is 11.1 Å². The van der Waals surface area contributed by atoms with Crippen molar-refractivity contribution in [2.24, 2.45) is 0 Å². The number of unbranched alkanes of at least 4 members (excludes halogenated alkanes) is 1. The molecule has 5 nitrogen and oxygen atoms in total. The van der Waals surface area contributed by atoms with Crippen LogP contribution in [0.15, 0.2) is 57.5 Å². The van der Waals surface area contributed by atoms with Crippen molar-refractivity contribution in [2.45, 2.75) is 25.4 Å². The second-order valence-corrected chi connectivity index (χ2v) is 7.52. The Morgan fingerprint density at radius 2 is 2.00 bits per heavy atom. The predicted octanol–water partition coefficient (Wildman–Crippen LogP) is 4.90. The van der Waals surface area contributed by atoms with Gasteiger partial charge < -0.3 is 21.3 Å². The molecule has 26 heavy (non-hydrogen) atoms. The molecule has 1 amide bonds. The van der Waals surface area contributed by atoms with Crippen LogP contribution in [-0.4, -0.2) is 16.1 Å². The Hall–Kier alpha value is -1.83. The monoisotopic (exact) mass is 482 g/mol. The molecule has 1 atom stereocenters. The number of allylic oxidation sites excluding steroid dienone is 1. The van der Waals surface area contributed by atoms with Gasteiger partial charge in [0.15, 0.2) is 0 Å². The van der Waals surface area contributed by atoms with Crippen molar-refractivity contribution in [1.82, 2.24) is 0 Å². The van der Waals surface area contributed by atoms with E-state index in [4.69, 9.17) is 5.73 Å². The molecule has 5 N–H and O–H groups in total. The third-order valence-electron chi connectivity index (χ3n) is 3.75. The summed E-state index contributed by atoms with van der Waals surface area (Å²) >= 11 is 6.59. The Kier molecular flexibility index (Phi) is 7.68. The van der Waals surface area contributed by atoms with Crippen molar-refractivity contribution in [3.05, 3.63) is 63.1 Å². The van der Waals surface area contributed by atoms with Crippen molar-refractivity contribution in [1.29, 1.82) is 0 Å². The van der Waals surface area contributed by atoms with E-state index in [0.717, 1.165) is 4.47 Å². The van der Waals surface area contributed by atoms with Crippen LogP contribution in [0, 0.1) is 0 Å². The minimum Gasteiger partial charge on any atom is -0.506 e. The number of benzene rings is 2. The highest BCUT2D eigenvalue weighted by molar-refractivity contribution is 9.11. The van der Waals surface area contributed by atoms with Crippen LogP contribution in [0.25, 0.3) is 0 Å². The van der Waals surface area contributed by atoms with Gasteiger partial charge in [-0.3, -0.25) is 4.79 Å². The highest BCUT2D eigenvalue weighted by Gasteiger charge is 2.15. The van der Waals surface area contributed by atoms with Crippen molar-refractivity contribution >= 4 is 49.1 Å². The fraction of sp³-hybridized carbons (Fsp3) is 0.211. The summed E-state index contributed by atoms with van der Waals surface area (Å²) in [6, 6.07) is 10.5. The molecule has 138 valence electrons. The quantitative estimate of drug-likeness (QED) is 0.256. The molecule has 0 bridgehead atoms. The van der Waals surface area contributed by atoms with Gasteiger partial charge in [0.2, 0.25) is 5.91 Å². The number of carbonyl (C=O) groups excluding carboxylic acids is 1. The van der Waals surface area contributed by atoms with E-state index in [1.54, 1.807) is 42.5 Å². The maximum Gasteiger partial charge on any atom is 0.248 e. The molecule has 2 rings (SSSR count). The van der Waals surface area contributed by atoms with Gasteiger partial charge in [-0.15, -0.1) is 0 Å². The molecular weight excluding hydrogens is 464 g/mol. The van der Waals surface area contributed by atoms with Gasteiger partial charge >= 0.3 is 0 Å². The van der Waals surface area contributed by atoms with Crippen LogP contribution >= 0.6 is 31.9 Å². The number of anilines is 2. The number of hydrogen-bond donors (Lipinski definition) is 4. The van der Waals surface area contributed by atoms with Crippen molar-refractivity contribution in [3.63, 3.8) is 0 Å². The third kappa shape index (κ3) is 5.86. The van der Waals surface area contributed by atoms with Crippen LogP contribution in [0.3, 0.4) is 0 Å². The first-order valence-electron chi connectivity index (χ1n) is 8.06. The van der Waals surface area contributed by atoms with Gasteiger partial charge in [0.05, 0.1) is 22.0 Å². The van der Waals surface area contributed by atoms with Crippen LogP contribution in [0.5, 0.6) is 5.75 Å². The zero-order chi connectivity index (χ0) is 19.1. The van der Waals surface area contributed by atoms with E-state index in [2.05, 4.69) is 37.2 Å². The highest BCUT2D eigenvalue weighted by atomic mass is 79.9. The van der Waals surface area contributed by atoms with E-state index in [-0.39, 0.29) is 11.7 Å². The minimum atomic E-state index is -0.782. The van der Waals surface area contributed by atoms with Crippen LogP contribution in [0.4, 0.5) is 11.4 Å². The first-order chi connectivity index (χ1) is 12.4. The summed E-state index contributed by atoms with van der Waals surface area (Å²) in [6.07, 6.45) is 4.18. The molecule has 0 radical (unpaired) electrons. The number of hydrogen-bond acceptors (Lipinski definition) is 4. The molecule has 7 heteroatoms. The predicted molar refractivity (Wildman–Crippen MR) is 111 cm³/mol. The number of rotatable bonds is 7. The minimum absolute atomic E-state index is 0.0380. The molecule has 0 unspecified atom stereocenters. The van der Waals surface area contributed by atoms with Crippen LogP contribution in [0.2, 0.25) is 0 Å². The smallest absolute Gasteiger partial charge is 0.248 e. The molecular formula is C19H20Br2N2O3. The largest absolute Gasteiger partial charge is 0.506 e. The molecule has 0 aromatic heterocycles. The number of phenols is 1. The summed E-state index contributed by atoms with van der Waals surface area (Å²) in [6.45, 7) is 0. The first-order valence-corrected chi connectivity index (χ1v) is 9.65. The van der Waals surface area contributed by atoms with E-state index >= 15 is 0 Å². The highest BCUT2D eigenvalue weighted by Crippen LogP contribution is 2.36. The number of aliphatic hydroxyl groups is 1. The number of amides is 1. The average molecular weight is 484 g/mol. The second kappa shape index (κ2) is 9.75. The van der Waals surface area contributed by atoms with Gasteiger partial charge in [-0.1, -0.05) is 34.1 Å². The molecule has 0 saturated heterocycles. The Labute approximate surface area is 169 Å². The normalized spacial score (nSPS) is 12.3. The van der Waals surface area contributed by atoms with Gasteiger partial charge in [-0.25, -0.2) is 0 Å². The van der Waals surface area contributed by atoms with E-state index in [9.17, 15) is 15.0 Å². The number of halogens is 2. The molecule has 0 spiro atoms. The molecule has 0 aliphatic rings. The van der Waals surface area contributed by atoms with Crippen molar-refractivity contribution in [3.8, 4) is 5.75 Å². The zero-order valence-corrected chi connectivity index (χ0v) is 17.1. The number of para-hydroxylation sites is 2. The molecule has 0 heterocycles. The Balaban J connectivity index is 1.80. The summed E-state index contributed by atoms with van der Waals surface area (Å²) in [7, 11) is 0. The lowest BCUT2D eigenvalue weighted by Crippen LogP contribution is -2.09. The third-order valence-corrected chi connectivity index (χ3v) is 4.82. The summed E-state index contributed by atoms with van der Waals surface area (Å²) in [5, 5.41) is 23.0. The number of aliphatic hydroxyl groups excluding tert-OH is 1. The number of nitrogens with two attached hydrogens (primary N) is 1. The Bertz CT molecular complexity index is 809. The van der Waals surface area contributed by atoms with Crippen molar-refractivity contribution in [2.75, 3.05) is 11.1 Å². The van der Waals surface area contributed by atoms with E-state index in [0.29, 0.717) is 40.7 Å². The molecule has 2 aromatic carbocycles. The standard InChI is InChI=1S/C19H20Br2N2O3/c20-12-10-13(19(26)14(21)11-12)17(24)8-2-1-3-9-18(25)23-16-7-5-4-6-15(16)22/h3-7,9-11,17,24,26H,1-2,8,22H2,(H,23,25)/b9-3+/t17-/m1/s1. The summed E-state index contributed by atoms with van der Waals surface area (Å²) < 4.78 is 1.30. The number of nitrogens with one attached hydrogen (secondary N) is 1. The fourth-order valence-electron chi connectivity index (χ4n) is 2.40. The molecule has 2 aromatic rings. The number of phenolic OH excluding ortho intramolecular Hbond substituents is 1. The number of nitrogen functional groups attached to an aromatic ring is 1. The zero-order valence-electron chi connectivity index (χ0n) is 14.0. The fourth-order valence-corrected chi connectivity index (χ4v) is 3.66. The van der Waals surface area contributed by atoms with Crippen LogP contribution in [-0.2, 0) is 4.79 Å². The lowest BCUT2D eigenvalue weighted by Gasteiger charge is -2.13. The van der Waals surface area contributed by atoms with Gasteiger partial charge in [-0.2, -0.15) is 0 Å².